The molecule has 1 amide bonds. The van der Waals surface area contributed by atoms with Crippen LogP contribution in [0, 0.1) is 12.7 Å². The molecule has 0 saturated carbocycles. The Morgan fingerprint density at radius 1 is 1.14 bits per heavy atom. The van der Waals surface area contributed by atoms with Crippen LogP contribution in [-0.4, -0.2) is 26.8 Å². The molecule has 8 heteroatoms. The summed E-state index contributed by atoms with van der Waals surface area (Å²) in [5.41, 5.74) is -0.156. The monoisotopic (exact) mass is 396 g/mol. The second-order valence-corrected chi connectivity index (χ2v) is 6.66. The van der Waals surface area contributed by atoms with E-state index in [0.717, 1.165) is 26.4 Å². The van der Waals surface area contributed by atoms with Crippen molar-refractivity contribution in [3.63, 3.8) is 0 Å². The molecule has 0 radical (unpaired) electrons. The molecule has 1 N–H and O–H groups in total. The van der Waals surface area contributed by atoms with Gasteiger partial charge in [-0.1, -0.05) is 42.8 Å². The summed E-state index contributed by atoms with van der Waals surface area (Å²) in [6, 6.07) is 12.6. The second kappa shape index (κ2) is 8.64. The van der Waals surface area contributed by atoms with Gasteiger partial charge in [-0.15, -0.1) is 0 Å². The molecule has 29 heavy (non-hydrogen) atoms. The van der Waals surface area contributed by atoms with Gasteiger partial charge >= 0.3 is 5.69 Å². The molecule has 150 valence electrons. The van der Waals surface area contributed by atoms with Gasteiger partial charge in [0, 0.05) is 6.54 Å². The minimum absolute atomic E-state index is 0.0365. The zero-order valence-electron chi connectivity index (χ0n) is 16.2. The predicted molar refractivity (Wildman–Crippen MR) is 107 cm³/mol. The van der Waals surface area contributed by atoms with Gasteiger partial charge in [0.15, 0.2) is 0 Å². The molecule has 0 atom stereocenters. The number of nitrogens with zero attached hydrogens (tertiary/aromatic N) is 3. The van der Waals surface area contributed by atoms with Crippen molar-refractivity contribution in [2.24, 2.45) is 0 Å². The summed E-state index contributed by atoms with van der Waals surface area (Å²) in [6.07, 6.45) is 0.673. The van der Waals surface area contributed by atoms with Crippen molar-refractivity contribution in [1.29, 1.82) is 0 Å². The van der Waals surface area contributed by atoms with Crippen LogP contribution in [0.4, 0.5) is 4.39 Å². The number of amides is 1. The smallest absolute Gasteiger partial charge is 0.350 e. The van der Waals surface area contributed by atoms with Crippen molar-refractivity contribution < 1.29 is 9.18 Å². The summed E-state index contributed by atoms with van der Waals surface area (Å²) in [5.74, 6) is -1.25. The van der Waals surface area contributed by atoms with Crippen LogP contribution in [0.3, 0.4) is 0 Å². The van der Waals surface area contributed by atoms with Gasteiger partial charge in [-0.05, 0) is 37.1 Å². The third-order valence-electron chi connectivity index (χ3n) is 4.29. The van der Waals surface area contributed by atoms with Crippen LogP contribution >= 0.6 is 0 Å². The van der Waals surface area contributed by atoms with Crippen LogP contribution in [0.15, 0.2) is 58.1 Å². The first-order valence-corrected chi connectivity index (χ1v) is 9.24. The van der Waals surface area contributed by atoms with Crippen LogP contribution < -0.4 is 16.6 Å². The number of carbonyl (C=O) groups is 1. The summed E-state index contributed by atoms with van der Waals surface area (Å²) in [4.78, 5) is 38.3. The lowest BCUT2D eigenvalue weighted by Gasteiger charge is -2.12. The molecule has 0 bridgehead atoms. The van der Waals surface area contributed by atoms with E-state index in [4.69, 9.17) is 0 Å². The first kappa shape index (κ1) is 20.2. The molecule has 7 nitrogen and oxygen atoms in total. The Labute approximate surface area is 166 Å². The maximum Gasteiger partial charge on any atom is 0.352 e. The predicted octanol–water partition coefficient (Wildman–Crippen LogP) is 2.03. The first-order valence-electron chi connectivity index (χ1n) is 9.24. The molecule has 0 saturated heterocycles. The Kier molecular flexibility index (Phi) is 6.01. The standard InChI is InChI=1S/C21H21FN4O3/c1-3-10-23-19(27)18-20(28)25(13-15-7-4-6-14(2)11-15)21(29)26(24-18)17-9-5-8-16(22)12-17/h4-9,11-12H,3,10,13H2,1-2H3,(H,23,27). The molecule has 0 unspecified atom stereocenters. The van der Waals surface area contributed by atoms with Crippen molar-refractivity contribution in [3.8, 4) is 5.69 Å². The minimum Gasteiger partial charge on any atom is -0.350 e. The highest BCUT2D eigenvalue weighted by Gasteiger charge is 2.20. The van der Waals surface area contributed by atoms with Crippen LogP contribution in [0.2, 0.25) is 0 Å². The number of hydrogen-bond acceptors (Lipinski definition) is 4. The first-order chi connectivity index (χ1) is 13.9. The third-order valence-corrected chi connectivity index (χ3v) is 4.29. The fourth-order valence-electron chi connectivity index (χ4n) is 2.89. The summed E-state index contributed by atoms with van der Waals surface area (Å²) >= 11 is 0. The van der Waals surface area contributed by atoms with Crippen molar-refractivity contribution >= 4 is 5.91 Å². The highest BCUT2D eigenvalue weighted by molar-refractivity contribution is 5.91. The summed E-state index contributed by atoms with van der Waals surface area (Å²) in [5, 5.41) is 6.54. The fraction of sp³-hybridized carbons (Fsp3) is 0.238. The molecular formula is C21H21FN4O3. The quantitative estimate of drug-likeness (QED) is 0.691. The van der Waals surface area contributed by atoms with Gasteiger partial charge in [0.2, 0.25) is 5.69 Å². The average Bonchev–Trinajstić information content (AvgIpc) is 2.69. The molecule has 0 aliphatic rings. The highest BCUT2D eigenvalue weighted by Crippen LogP contribution is 2.07. The zero-order chi connectivity index (χ0) is 21.0. The number of hydrogen-bond donors (Lipinski definition) is 1. The Bertz CT molecular complexity index is 1170. The average molecular weight is 396 g/mol. The minimum atomic E-state index is -0.794. The Morgan fingerprint density at radius 2 is 1.90 bits per heavy atom. The molecule has 1 heterocycles. The Morgan fingerprint density at radius 3 is 2.59 bits per heavy atom. The number of aryl methyl sites for hydroxylation is 1. The number of aromatic nitrogens is 3. The van der Waals surface area contributed by atoms with E-state index < -0.39 is 28.7 Å². The number of benzene rings is 2. The highest BCUT2D eigenvalue weighted by atomic mass is 19.1. The van der Waals surface area contributed by atoms with E-state index in [2.05, 4.69) is 10.4 Å². The number of rotatable bonds is 6. The topological polar surface area (TPSA) is 86.0 Å². The third kappa shape index (κ3) is 4.48. The van der Waals surface area contributed by atoms with E-state index >= 15 is 0 Å². The van der Waals surface area contributed by atoms with E-state index in [-0.39, 0.29) is 12.2 Å². The fourth-order valence-corrected chi connectivity index (χ4v) is 2.89. The van der Waals surface area contributed by atoms with Gasteiger partial charge in [-0.3, -0.25) is 14.2 Å². The zero-order valence-corrected chi connectivity index (χ0v) is 16.2. The molecule has 1 aromatic heterocycles. The molecule has 0 aliphatic carbocycles. The lowest BCUT2D eigenvalue weighted by Crippen LogP contribution is -2.46. The lowest BCUT2D eigenvalue weighted by molar-refractivity contribution is 0.0944. The van der Waals surface area contributed by atoms with Gasteiger partial charge in [-0.2, -0.15) is 9.78 Å². The van der Waals surface area contributed by atoms with E-state index in [0.29, 0.717) is 13.0 Å². The summed E-state index contributed by atoms with van der Waals surface area (Å²) < 4.78 is 15.5. The molecule has 2 aromatic carbocycles. The molecule has 0 aliphatic heterocycles. The molecule has 3 rings (SSSR count). The Balaban J connectivity index is 2.20. The van der Waals surface area contributed by atoms with Crippen LogP contribution in [0.1, 0.15) is 35.0 Å². The second-order valence-electron chi connectivity index (χ2n) is 6.66. The van der Waals surface area contributed by atoms with E-state index in [1.54, 1.807) is 6.07 Å². The van der Waals surface area contributed by atoms with Crippen molar-refractivity contribution in [3.05, 3.63) is 92.0 Å². The summed E-state index contributed by atoms with van der Waals surface area (Å²) in [6.45, 7) is 4.09. The van der Waals surface area contributed by atoms with E-state index in [9.17, 15) is 18.8 Å². The van der Waals surface area contributed by atoms with Crippen LogP contribution in [-0.2, 0) is 6.54 Å². The van der Waals surface area contributed by atoms with Gasteiger partial charge in [0.1, 0.15) is 5.82 Å². The lowest BCUT2D eigenvalue weighted by atomic mass is 10.1. The van der Waals surface area contributed by atoms with Gasteiger partial charge in [0.05, 0.1) is 12.2 Å². The van der Waals surface area contributed by atoms with Gasteiger partial charge in [0.25, 0.3) is 11.5 Å². The number of carbonyl (C=O) groups excluding carboxylic acids is 1. The largest absolute Gasteiger partial charge is 0.352 e. The molecule has 3 aromatic rings. The van der Waals surface area contributed by atoms with Crippen LogP contribution in [0.5, 0.6) is 0 Å². The van der Waals surface area contributed by atoms with Gasteiger partial charge in [-0.25, -0.2) is 9.18 Å². The molecule has 0 fully saturated rings. The van der Waals surface area contributed by atoms with Crippen molar-refractivity contribution in [2.75, 3.05) is 6.54 Å². The van der Waals surface area contributed by atoms with Crippen molar-refractivity contribution in [1.82, 2.24) is 19.7 Å². The SMILES string of the molecule is CCCNC(=O)c1nn(-c2cccc(F)c2)c(=O)n(Cc2cccc(C)c2)c1=O. The van der Waals surface area contributed by atoms with Crippen LogP contribution in [0.25, 0.3) is 5.69 Å². The Hall–Kier alpha value is -3.55. The number of halogens is 1. The van der Waals surface area contributed by atoms with E-state index in [1.807, 2.05) is 32.0 Å². The molecule has 0 spiro atoms. The summed E-state index contributed by atoms with van der Waals surface area (Å²) in [7, 11) is 0. The van der Waals surface area contributed by atoms with Crippen molar-refractivity contribution in [2.45, 2.75) is 26.8 Å². The molecular weight excluding hydrogens is 375 g/mol. The van der Waals surface area contributed by atoms with Gasteiger partial charge < -0.3 is 5.32 Å². The number of nitrogens with one attached hydrogen (secondary N) is 1. The maximum absolute atomic E-state index is 13.7. The van der Waals surface area contributed by atoms with E-state index in [1.165, 1.54) is 18.2 Å². The maximum atomic E-state index is 13.7. The normalized spacial score (nSPS) is 10.7.